The molecular weight excluding hydrogens is 382 g/mol. The Morgan fingerprint density at radius 3 is 2.61 bits per heavy atom. The van der Waals surface area contributed by atoms with Crippen molar-refractivity contribution in [3.05, 3.63) is 28.7 Å². The summed E-state index contributed by atoms with van der Waals surface area (Å²) in [6.07, 6.45) is 3.37. The van der Waals surface area contributed by atoms with Crippen LogP contribution in [0.5, 0.6) is 0 Å². The average Bonchev–Trinajstić information content (AvgIpc) is 2.73. The lowest BCUT2D eigenvalue weighted by Gasteiger charge is -2.15. The van der Waals surface area contributed by atoms with Gasteiger partial charge in [0, 0.05) is 15.8 Å². The Morgan fingerprint density at radius 2 is 2.00 bits per heavy atom. The van der Waals surface area contributed by atoms with Crippen LogP contribution in [0.1, 0.15) is 19.3 Å². The topological polar surface area (TPSA) is 46.2 Å². The molecule has 1 aromatic carbocycles. The van der Waals surface area contributed by atoms with E-state index in [0.717, 1.165) is 19.3 Å². The fraction of sp³-hybridized carbons (Fsp3) is 0.500. The standard InChI is InChI=1S/C12H15Br2NO2S/c13-10-6-3-4-9(10)8-15-18(16,17)12-7-2-1-5-11(12)14/h1-2,5,7,9-10,15H,3-4,6,8H2. The third-order valence-corrected chi connectivity index (χ3v) is 6.87. The largest absolute Gasteiger partial charge is 0.241 e. The van der Waals surface area contributed by atoms with Gasteiger partial charge in [0.2, 0.25) is 10.0 Å². The van der Waals surface area contributed by atoms with Crippen molar-refractivity contribution in [2.75, 3.05) is 6.54 Å². The van der Waals surface area contributed by atoms with Crippen molar-refractivity contribution in [3.8, 4) is 0 Å². The SMILES string of the molecule is O=S(=O)(NCC1CCCC1Br)c1ccccc1Br. The molecule has 0 radical (unpaired) electrons. The smallest absolute Gasteiger partial charge is 0.211 e. The molecule has 3 nitrogen and oxygen atoms in total. The Kier molecular flexibility index (Phi) is 4.86. The van der Waals surface area contributed by atoms with Crippen molar-refractivity contribution in [3.63, 3.8) is 0 Å². The summed E-state index contributed by atoms with van der Waals surface area (Å²) in [6.45, 7) is 0.500. The molecule has 2 atom stereocenters. The van der Waals surface area contributed by atoms with E-state index < -0.39 is 10.0 Å². The summed E-state index contributed by atoms with van der Waals surface area (Å²) in [5.41, 5.74) is 0. The van der Waals surface area contributed by atoms with Gasteiger partial charge in [0.15, 0.2) is 0 Å². The minimum atomic E-state index is -3.42. The highest BCUT2D eigenvalue weighted by molar-refractivity contribution is 9.10. The third kappa shape index (κ3) is 3.35. The molecule has 1 aromatic rings. The first kappa shape index (κ1) is 14.5. The minimum absolute atomic E-state index is 0.300. The van der Waals surface area contributed by atoms with Gasteiger partial charge >= 0.3 is 0 Å². The van der Waals surface area contributed by atoms with E-state index in [4.69, 9.17) is 0 Å². The molecule has 2 unspecified atom stereocenters. The Labute approximate surface area is 125 Å². The van der Waals surface area contributed by atoms with Gasteiger partial charge in [-0.25, -0.2) is 13.1 Å². The van der Waals surface area contributed by atoms with Crippen LogP contribution in [0.2, 0.25) is 0 Å². The highest BCUT2D eigenvalue weighted by Crippen LogP contribution is 2.31. The molecule has 0 saturated heterocycles. The molecule has 0 heterocycles. The molecule has 100 valence electrons. The van der Waals surface area contributed by atoms with E-state index >= 15 is 0 Å². The lowest BCUT2D eigenvalue weighted by Crippen LogP contribution is -2.31. The second kappa shape index (κ2) is 6.03. The van der Waals surface area contributed by atoms with Gasteiger partial charge in [0.05, 0.1) is 4.90 Å². The molecule has 6 heteroatoms. The monoisotopic (exact) mass is 395 g/mol. The maximum Gasteiger partial charge on any atom is 0.241 e. The van der Waals surface area contributed by atoms with Crippen molar-refractivity contribution in [1.29, 1.82) is 0 Å². The zero-order valence-corrected chi connectivity index (χ0v) is 13.8. The van der Waals surface area contributed by atoms with Gasteiger partial charge in [-0.05, 0) is 46.8 Å². The fourth-order valence-electron chi connectivity index (χ4n) is 2.18. The number of rotatable bonds is 4. The highest BCUT2D eigenvalue weighted by Gasteiger charge is 2.27. The van der Waals surface area contributed by atoms with Gasteiger partial charge in [-0.15, -0.1) is 0 Å². The van der Waals surface area contributed by atoms with E-state index in [0.29, 0.717) is 26.7 Å². The normalized spacial score (nSPS) is 24.3. The zero-order chi connectivity index (χ0) is 13.2. The van der Waals surface area contributed by atoms with Gasteiger partial charge in [-0.2, -0.15) is 0 Å². The van der Waals surface area contributed by atoms with Crippen LogP contribution in [0.15, 0.2) is 33.6 Å². The van der Waals surface area contributed by atoms with E-state index in [-0.39, 0.29) is 0 Å². The van der Waals surface area contributed by atoms with Crippen molar-refractivity contribution in [1.82, 2.24) is 4.72 Å². The zero-order valence-electron chi connectivity index (χ0n) is 9.77. The van der Waals surface area contributed by atoms with Crippen LogP contribution >= 0.6 is 31.9 Å². The van der Waals surface area contributed by atoms with Crippen LogP contribution in [0, 0.1) is 5.92 Å². The minimum Gasteiger partial charge on any atom is -0.211 e. The number of halogens is 2. The molecule has 2 rings (SSSR count). The molecular formula is C12H15Br2NO2S. The molecule has 0 aromatic heterocycles. The van der Waals surface area contributed by atoms with Crippen LogP contribution in [0.3, 0.4) is 0 Å². The maximum atomic E-state index is 12.2. The third-order valence-electron chi connectivity index (χ3n) is 3.23. The second-order valence-electron chi connectivity index (χ2n) is 4.49. The number of alkyl halides is 1. The summed E-state index contributed by atoms with van der Waals surface area (Å²) in [5, 5.41) is 0. The summed E-state index contributed by atoms with van der Waals surface area (Å²) in [6, 6.07) is 6.86. The number of nitrogens with one attached hydrogen (secondary N) is 1. The van der Waals surface area contributed by atoms with E-state index in [1.54, 1.807) is 24.3 Å². The molecule has 1 aliphatic carbocycles. The highest BCUT2D eigenvalue weighted by atomic mass is 79.9. The van der Waals surface area contributed by atoms with Crippen LogP contribution < -0.4 is 4.72 Å². The lowest BCUT2D eigenvalue weighted by molar-refractivity contribution is 0.529. The van der Waals surface area contributed by atoms with E-state index in [9.17, 15) is 8.42 Å². The molecule has 1 N–H and O–H groups in total. The Balaban J connectivity index is 2.06. The van der Waals surface area contributed by atoms with Gasteiger partial charge in [-0.1, -0.05) is 34.5 Å². The molecule has 0 aliphatic heterocycles. The van der Waals surface area contributed by atoms with Crippen LogP contribution in [-0.2, 0) is 10.0 Å². The van der Waals surface area contributed by atoms with Crippen LogP contribution in [0.4, 0.5) is 0 Å². The van der Waals surface area contributed by atoms with Crippen molar-refractivity contribution < 1.29 is 8.42 Å². The average molecular weight is 397 g/mol. The first-order valence-electron chi connectivity index (χ1n) is 5.89. The van der Waals surface area contributed by atoms with Gasteiger partial charge in [0.25, 0.3) is 0 Å². The summed E-state index contributed by atoms with van der Waals surface area (Å²) < 4.78 is 27.6. The van der Waals surface area contributed by atoms with Gasteiger partial charge < -0.3 is 0 Å². The molecule has 0 bridgehead atoms. The van der Waals surface area contributed by atoms with Crippen molar-refractivity contribution in [2.24, 2.45) is 5.92 Å². The lowest BCUT2D eigenvalue weighted by atomic mass is 10.1. The number of hydrogen-bond acceptors (Lipinski definition) is 2. The molecule has 0 amide bonds. The maximum absolute atomic E-state index is 12.2. The first-order valence-corrected chi connectivity index (χ1v) is 9.08. The van der Waals surface area contributed by atoms with Gasteiger partial charge in [-0.3, -0.25) is 0 Å². The van der Waals surface area contributed by atoms with E-state index in [2.05, 4.69) is 36.6 Å². The van der Waals surface area contributed by atoms with Crippen molar-refractivity contribution >= 4 is 41.9 Å². The molecule has 18 heavy (non-hydrogen) atoms. The Bertz CT molecular complexity index is 519. The van der Waals surface area contributed by atoms with Crippen LogP contribution in [-0.4, -0.2) is 19.8 Å². The molecule has 0 spiro atoms. The quantitative estimate of drug-likeness (QED) is 0.793. The second-order valence-corrected chi connectivity index (χ2v) is 8.26. The molecule has 1 fully saturated rings. The summed E-state index contributed by atoms with van der Waals surface area (Å²) >= 11 is 6.87. The van der Waals surface area contributed by atoms with Gasteiger partial charge in [0.1, 0.15) is 0 Å². The van der Waals surface area contributed by atoms with E-state index in [1.165, 1.54) is 0 Å². The summed E-state index contributed by atoms with van der Waals surface area (Å²) in [4.78, 5) is 0.730. The van der Waals surface area contributed by atoms with Crippen LogP contribution in [0.25, 0.3) is 0 Å². The van der Waals surface area contributed by atoms with Crippen molar-refractivity contribution in [2.45, 2.75) is 29.0 Å². The number of sulfonamides is 1. The summed E-state index contributed by atoms with van der Waals surface area (Å²) in [5.74, 6) is 0.391. The molecule has 1 aliphatic rings. The fourth-order valence-corrected chi connectivity index (χ4v) is 5.05. The first-order chi connectivity index (χ1) is 8.50. The Morgan fingerprint density at radius 1 is 1.28 bits per heavy atom. The van der Waals surface area contributed by atoms with E-state index in [1.807, 2.05) is 0 Å². The number of hydrogen-bond donors (Lipinski definition) is 1. The molecule has 1 saturated carbocycles. The Hall–Kier alpha value is 0.0900. The summed E-state index contributed by atoms with van der Waals surface area (Å²) in [7, 11) is -3.42. The predicted molar refractivity (Wildman–Crippen MR) is 79.4 cm³/mol. The predicted octanol–water partition coefficient (Wildman–Crippen LogP) is 3.29. The number of benzene rings is 1.